The molecule has 2 rings (SSSR count). The average molecular weight is 232 g/mol. The maximum atomic E-state index is 6.11. The summed E-state index contributed by atoms with van der Waals surface area (Å²) in [6.07, 6.45) is 1.36. The van der Waals surface area contributed by atoms with Crippen molar-refractivity contribution >= 4 is 0 Å². The van der Waals surface area contributed by atoms with E-state index in [-0.39, 0.29) is 10.8 Å². The van der Waals surface area contributed by atoms with Gasteiger partial charge in [-0.3, -0.25) is 0 Å². The number of benzene rings is 1. The maximum Gasteiger partial charge on any atom is 0.123 e. The van der Waals surface area contributed by atoms with Crippen molar-refractivity contribution in [1.82, 2.24) is 0 Å². The van der Waals surface area contributed by atoms with E-state index in [0.717, 1.165) is 12.2 Å². The molecular formula is C16H24O. The second-order valence-corrected chi connectivity index (χ2v) is 7.25. The number of fused-ring (bicyclic) bond motifs is 1. The molecule has 0 aliphatic carbocycles. The molecule has 94 valence electrons. The third-order valence-electron chi connectivity index (χ3n) is 3.57. The molecule has 1 aromatic rings. The quantitative estimate of drug-likeness (QED) is 0.647. The highest BCUT2D eigenvalue weighted by molar-refractivity contribution is 5.43. The van der Waals surface area contributed by atoms with Crippen molar-refractivity contribution in [2.75, 3.05) is 0 Å². The molecule has 1 heteroatoms. The summed E-state index contributed by atoms with van der Waals surface area (Å²) < 4.78 is 6.11. The molecule has 0 spiro atoms. The highest BCUT2D eigenvalue weighted by Crippen LogP contribution is 2.38. The molecular weight excluding hydrogens is 208 g/mol. The Kier molecular flexibility index (Phi) is 2.76. The summed E-state index contributed by atoms with van der Waals surface area (Å²) >= 11 is 0. The molecule has 1 aliphatic heterocycles. The summed E-state index contributed by atoms with van der Waals surface area (Å²) in [7, 11) is 0. The topological polar surface area (TPSA) is 9.23 Å². The minimum atomic E-state index is 0.193. The van der Waals surface area contributed by atoms with Crippen molar-refractivity contribution < 1.29 is 4.74 Å². The Morgan fingerprint density at radius 2 is 1.71 bits per heavy atom. The van der Waals surface area contributed by atoms with Crippen LogP contribution in [0.3, 0.4) is 0 Å². The maximum absolute atomic E-state index is 6.11. The molecule has 0 bridgehead atoms. The lowest BCUT2D eigenvalue weighted by atomic mass is 9.85. The standard InChI is InChI=1S/C16H24O/c1-15(2,3)12-8-7-11-9-14(16(4,5)6)17-13(11)10-12/h7-8,10,14H,9H2,1-6H3. The highest BCUT2D eigenvalue weighted by atomic mass is 16.5. The molecule has 0 radical (unpaired) electrons. The van der Waals surface area contributed by atoms with Gasteiger partial charge in [-0.05, 0) is 28.0 Å². The van der Waals surface area contributed by atoms with Crippen molar-refractivity contribution in [3.8, 4) is 5.75 Å². The van der Waals surface area contributed by atoms with E-state index in [1.165, 1.54) is 11.1 Å². The molecule has 0 amide bonds. The molecule has 0 N–H and O–H groups in total. The van der Waals surface area contributed by atoms with Crippen LogP contribution in [0.15, 0.2) is 18.2 Å². The lowest BCUT2D eigenvalue weighted by Crippen LogP contribution is -2.30. The highest BCUT2D eigenvalue weighted by Gasteiger charge is 2.33. The van der Waals surface area contributed by atoms with E-state index in [4.69, 9.17) is 4.74 Å². The first-order valence-electron chi connectivity index (χ1n) is 6.48. The third kappa shape index (κ3) is 2.48. The van der Waals surface area contributed by atoms with E-state index in [1.54, 1.807) is 0 Å². The van der Waals surface area contributed by atoms with Gasteiger partial charge in [0.05, 0.1) is 0 Å². The Morgan fingerprint density at radius 3 is 2.24 bits per heavy atom. The Labute approximate surface area is 105 Å². The first-order chi connectivity index (χ1) is 7.68. The largest absolute Gasteiger partial charge is 0.489 e. The Hall–Kier alpha value is -0.980. The number of ether oxygens (including phenoxy) is 1. The molecule has 1 heterocycles. The van der Waals surface area contributed by atoms with E-state index in [9.17, 15) is 0 Å². The van der Waals surface area contributed by atoms with Gasteiger partial charge in [0.1, 0.15) is 11.9 Å². The van der Waals surface area contributed by atoms with E-state index < -0.39 is 0 Å². The Morgan fingerprint density at radius 1 is 1.06 bits per heavy atom. The van der Waals surface area contributed by atoms with Crippen molar-refractivity contribution in [2.45, 2.75) is 59.5 Å². The van der Waals surface area contributed by atoms with Gasteiger partial charge in [0.15, 0.2) is 0 Å². The van der Waals surface area contributed by atoms with Crippen LogP contribution in [-0.4, -0.2) is 6.10 Å². The molecule has 1 aliphatic rings. The van der Waals surface area contributed by atoms with Gasteiger partial charge in [-0.15, -0.1) is 0 Å². The van der Waals surface area contributed by atoms with E-state index in [2.05, 4.69) is 59.7 Å². The SMILES string of the molecule is CC(C)(C)c1ccc2c(c1)OC(C(C)(C)C)C2. The van der Waals surface area contributed by atoms with Crippen molar-refractivity contribution in [3.05, 3.63) is 29.3 Å². The second kappa shape index (κ2) is 3.76. The number of rotatable bonds is 0. The van der Waals surface area contributed by atoms with Crippen LogP contribution in [0, 0.1) is 5.41 Å². The van der Waals surface area contributed by atoms with E-state index >= 15 is 0 Å². The van der Waals surface area contributed by atoms with Crippen molar-refractivity contribution in [2.24, 2.45) is 5.41 Å². The van der Waals surface area contributed by atoms with Crippen LogP contribution in [-0.2, 0) is 11.8 Å². The third-order valence-corrected chi connectivity index (χ3v) is 3.57. The lowest BCUT2D eigenvalue weighted by molar-refractivity contribution is 0.109. The fourth-order valence-corrected chi connectivity index (χ4v) is 2.18. The minimum absolute atomic E-state index is 0.193. The predicted molar refractivity (Wildman–Crippen MR) is 72.7 cm³/mol. The van der Waals surface area contributed by atoms with Gasteiger partial charge < -0.3 is 4.74 Å². The van der Waals surface area contributed by atoms with Gasteiger partial charge in [-0.2, -0.15) is 0 Å². The van der Waals surface area contributed by atoms with Crippen molar-refractivity contribution in [1.29, 1.82) is 0 Å². The lowest BCUT2D eigenvalue weighted by Gasteiger charge is -2.26. The molecule has 1 unspecified atom stereocenters. The molecule has 0 fully saturated rings. The zero-order valence-corrected chi connectivity index (χ0v) is 11.9. The summed E-state index contributed by atoms with van der Waals surface area (Å²) in [5, 5.41) is 0. The van der Waals surface area contributed by atoms with Crippen LogP contribution in [0.25, 0.3) is 0 Å². The summed E-state index contributed by atoms with van der Waals surface area (Å²) in [5.41, 5.74) is 3.11. The molecule has 0 saturated heterocycles. The van der Waals surface area contributed by atoms with Gasteiger partial charge in [-0.1, -0.05) is 53.7 Å². The van der Waals surface area contributed by atoms with Crippen LogP contribution in [0.1, 0.15) is 52.7 Å². The fraction of sp³-hybridized carbons (Fsp3) is 0.625. The van der Waals surface area contributed by atoms with Gasteiger partial charge in [-0.25, -0.2) is 0 Å². The van der Waals surface area contributed by atoms with E-state index in [0.29, 0.717) is 6.10 Å². The molecule has 0 saturated carbocycles. The van der Waals surface area contributed by atoms with Crippen LogP contribution < -0.4 is 4.74 Å². The van der Waals surface area contributed by atoms with Gasteiger partial charge in [0, 0.05) is 6.42 Å². The molecule has 1 aromatic carbocycles. The fourth-order valence-electron chi connectivity index (χ4n) is 2.18. The molecule has 17 heavy (non-hydrogen) atoms. The first-order valence-corrected chi connectivity index (χ1v) is 6.48. The second-order valence-electron chi connectivity index (χ2n) is 7.25. The van der Waals surface area contributed by atoms with Gasteiger partial charge >= 0.3 is 0 Å². The van der Waals surface area contributed by atoms with E-state index in [1.807, 2.05) is 0 Å². The Balaban J connectivity index is 2.29. The van der Waals surface area contributed by atoms with Gasteiger partial charge in [0.25, 0.3) is 0 Å². The molecule has 0 aromatic heterocycles. The molecule has 1 nitrogen and oxygen atoms in total. The predicted octanol–water partition coefficient (Wildman–Crippen LogP) is 4.33. The normalized spacial score (nSPS) is 20.0. The zero-order valence-electron chi connectivity index (χ0n) is 11.9. The zero-order chi connectivity index (χ0) is 12.8. The first kappa shape index (κ1) is 12.5. The van der Waals surface area contributed by atoms with Crippen LogP contribution in [0.4, 0.5) is 0 Å². The van der Waals surface area contributed by atoms with Crippen LogP contribution in [0.2, 0.25) is 0 Å². The number of hydrogen-bond acceptors (Lipinski definition) is 1. The smallest absolute Gasteiger partial charge is 0.123 e. The summed E-state index contributed by atoms with van der Waals surface area (Å²) in [6, 6.07) is 6.70. The number of hydrogen-bond donors (Lipinski definition) is 0. The monoisotopic (exact) mass is 232 g/mol. The minimum Gasteiger partial charge on any atom is -0.489 e. The average Bonchev–Trinajstić information content (AvgIpc) is 2.57. The van der Waals surface area contributed by atoms with Crippen LogP contribution >= 0.6 is 0 Å². The summed E-state index contributed by atoms with van der Waals surface area (Å²) in [5.74, 6) is 1.09. The van der Waals surface area contributed by atoms with Crippen LogP contribution in [0.5, 0.6) is 5.75 Å². The Bertz CT molecular complexity index is 418. The molecule has 1 atom stereocenters. The van der Waals surface area contributed by atoms with Crippen molar-refractivity contribution in [3.63, 3.8) is 0 Å². The van der Waals surface area contributed by atoms with Gasteiger partial charge in [0.2, 0.25) is 0 Å². The summed E-state index contributed by atoms with van der Waals surface area (Å²) in [4.78, 5) is 0. The summed E-state index contributed by atoms with van der Waals surface area (Å²) in [6.45, 7) is 13.5.